The van der Waals surface area contributed by atoms with Crippen molar-refractivity contribution < 1.29 is 18.0 Å². The van der Waals surface area contributed by atoms with Crippen molar-refractivity contribution in [3.05, 3.63) is 92.9 Å². The molecule has 3 aromatic carbocycles. The van der Waals surface area contributed by atoms with E-state index in [4.69, 9.17) is 34.8 Å². The second-order valence-corrected chi connectivity index (χ2v) is 11.7. The molecule has 0 spiro atoms. The smallest absolute Gasteiger partial charge is 0.264 e. The van der Waals surface area contributed by atoms with E-state index in [1.165, 1.54) is 30.1 Å². The first kappa shape index (κ1) is 29.8. The molecule has 0 radical (unpaired) electrons. The summed E-state index contributed by atoms with van der Waals surface area (Å²) in [5, 5.41) is 3.38. The molecule has 0 aliphatic carbocycles. The molecule has 0 saturated carbocycles. The van der Waals surface area contributed by atoms with Gasteiger partial charge in [0.15, 0.2) is 0 Å². The lowest BCUT2D eigenvalue weighted by atomic mass is 10.1. The van der Waals surface area contributed by atoms with Crippen LogP contribution in [-0.4, -0.2) is 44.8 Å². The molecule has 3 aromatic rings. The summed E-state index contributed by atoms with van der Waals surface area (Å²) in [5.41, 5.74) is 1.65. The van der Waals surface area contributed by atoms with Gasteiger partial charge in [-0.05, 0) is 55.3 Å². The number of likely N-dealkylation sites (N-methyl/N-ethyl adjacent to an activating group) is 1. The highest BCUT2D eigenvalue weighted by molar-refractivity contribution is 7.92. The number of nitrogens with one attached hydrogen (secondary N) is 1. The van der Waals surface area contributed by atoms with Gasteiger partial charge in [-0.2, -0.15) is 0 Å². The number of halogens is 3. The van der Waals surface area contributed by atoms with Crippen molar-refractivity contribution in [1.29, 1.82) is 0 Å². The Bertz CT molecular complexity index is 1420. The second-order valence-electron chi connectivity index (χ2n) is 8.58. The molecule has 1 atom stereocenters. The van der Waals surface area contributed by atoms with Crippen LogP contribution in [0.25, 0.3) is 0 Å². The topological polar surface area (TPSA) is 86.8 Å². The Morgan fingerprint density at radius 2 is 1.58 bits per heavy atom. The molecule has 3 rings (SSSR count). The number of carbonyl (C=O) groups excluding carboxylic acids is 2. The zero-order valence-electron chi connectivity index (χ0n) is 21.1. The maximum absolute atomic E-state index is 13.9. The SMILES string of the molecule is CCC(C(=O)NC)N(Cc1ccc(Cl)c(Cl)c1)C(=O)CN(c1ccccc1Cl)S(=O)(=O)c1ccc(C)cc1. The highest BCUT2D eigenvalue weighted by Crippen LogP contribution is 2.31. The van der Waals surface area contributed by atoms with Crippen molar-refractivity contribution in [2.75, 3.05) is 17.9 Å². The van der Waals surface area contributed by atoms with Crippen LogP contribution in [0.2, 0.25) is 15.1 Å². The summed E-state index contributed by atoms with van der Waals surface area (Å²) in [4.78, 5) is 28.0. The Morgan fingerprint density at radius 1 is 0.921 bits per heavy atom. The van der Waals surface area contributed by atoms with Crippen molar-refractivity contribution in [3.8, 4) is 0 Å². The summed E-state index contributed by atoms with van der Waals surface area (Å²) < 4.78 is 28.6. The van der Waals surface area contributed by atoms with Crippen LogP contribution < -0.4 is 9.62 Å². The summed E-state index contributed by atoms with van der Waals surface area (Å²) >= 11 is 18.6. The van der Waals surface area contributed by atoms with Crippen LogP contribution in [-0.2, 0) is 26.2 Å². The monoisotopic (exact) mass is 595 g/mol. The minimum atomic E-state index is -4.20. The molecule has 11 heteroatoms. The number of rotatable bonds is 10. The third kappa shape index (κ3) is 6.80. The fourth-order valence-electron chi connectivity index (χ4n) is 3.93. The molecule has 0 heterocycles. The maximum atomic E-state index is 13.9. The standard InChI is InChI=1S/C27H28Cl3N3O4S/c1-4-24(27(35)31-3)32(16-19-11-14-21(28)23(30)15-19)26(34)17-33(25-8-6-5-7-22(25)29)38(36,37)20-12-9-18(2)10-13-20/h5-15,24H,4,16-17H2,1-3H3,(H,31,35). The predicted octanol–water partition coefficient (Wildman–Crippen LogP) is 5.70. The Balaban J connectivity index is 2.08. The van der Waals surface area contributed by atoms with Gasteiger partial charge in [0.2, 0.25) is 11.8 Å². The van der Waals surface area contributed by atoms with Gasteiger partial charge in [0.25, 0.3) is 10.0 Å². The van der Waals surface area contributed by atoms with Crippen LogP contribution in [0.4, 0.5) is 5.69 Å². The van der Waals surface area contributed by atoms with Crippen molar-refractivity contribution in [3.63, 3.8) is 0 Å². The van der Waals surface area contributed by atoms with Gasteiger partial charge in [0.1, 0.15) is 12.6 Å². The molecular formula is C27H28Cl3N3O4S. The number of nitrogens with zero attached hydrogens (tertiary/aromatic N) is 2. The first-order valence-corrected chi connectivity index (χ1v) is 14.4. The molecule has 38 heavy (non-hydrogen) atoms. The van der Waals surface area contributed by atoms with E-state index in [0.717, 1.165) is 9.87 Å². The number of hydrogen-bond acceptors (Lipinski definition) is 4. The summed E-state index contributed by atoms with van der Waals surface area (Å²) in [5.74, 6) is -0.978. The van der Waals surface area contributed by atoms with Gasteiger partial charge >= 0.3 is 0 Å². The van der Waals surface area contributed by atoms with E-state index in [9.17, 15) is 18.0 Å². The zero-order valence-corrected chi connectivity index (χ0v) is 24.2. The number of aryl methyl sites for hydroxylation is 1. The van der Waals surface area contributed by atoms with Gasteiger partial charge in [0.05, 0.1) is 25.7 Å². The van der Waals surface area contributed by atoms with Crippen LogP contribution in [0.1, 0.15) is 24.5 Å². The van der Waals surface area contributed by atoms with Crippen LogP contribution in [0.3, 0.4) is 0 Å². The van der Waals surface area contributed by atoms with E-state index >= 15 is 0 Å². The molecule has 7 nitrogen and oxygen atoms in total. The molecule has 0 saturated heterocycles. The number of hydrogen-bond donors (Lipinski definition) is 1. The molecule has 0 fully saturated rings. The van der Waals surface area contributed by atoms with Crippen molar-refractivity contribution in [2.45, 2.75) is 37.8 Å². The summed E-state index contributed by atoms with van der Waals surface area (Å²) in [6, 6.07) is 16.7. The minimum Gasteiger partial charge on any atom is -0.357 e. The third-order valence-corrected chi connectivity index (χ3v) is 8.81. The summed E-state index contributed by atoms with van der Waals surface area (Å²) in [6.07, 6.45) is 0.295. The largest absolute Gasteiger partial charge is 0.357 e. The first-order chi connectivity index (χ1) is 18.0. The number of sulfonamides is 1. The van der Waals surface area contributed by atoms with Gasteiger partial charge in [0, 0.05) is 13.6 Å². The lowest BCUT2D eigenvalue weighted by Gasteiger charge is -2.33. The molecule has 2 amide bonds. The normalized spacial score (nSPS) is 12.1. The molecular weight excluding hydrogens is 569 g/mol. The molecule has 0 aromatic heterocycles. The zero-order chi connectivity index (χ0) is 28.0. The predicted molar refractivity (Wildman–Crippen MR) is 152 cm³/mol. The molecule has 202 valence electrons. The van der Waals surface area contributed by atoms with Crippen LogP contribution in [0.5, 0.6) is 0 Å². The first-order valence-electron chi connectivity index (χ1n) is 11.8. The molecule has 1 unspecified atom stereocenters. The highest BCUT2D eigenvalue weighted by Gasteiger charge is 2.34. The van der Waals surface area contributed by atoms with E-state index in [0.29, 0.717) is 22.0 Å². The average molecular weight is 597 g/mol. The van der Waals surface area contributed by atoms with Crippen molar-refractivity contribution >= 4 is 62.3 Å². The van der Waals surface area contributed by atoms with Crippen LogP contribution in [0.15, 0.2) is 71.6 Å². The highest BCUT2D eigenvalue weighted by atomic mass is 35.5. The van der Waals surface area contributed by atoms with Gasteiger partial charge in [-0.25, -0.2) is 8.42 Å². The van der Waals surface area contributed by atoms with Gasteiger partial charge in [-0.3, -0.25) is 13.9 Å². The van der Waals surface area contributed by atoms with E-state index in [2.05, 4.69) is 5.32 Å². The maximum Gasteiger partial charge on any atom is 0.264 e. The summed E-state index contributed by atoms with van der Waals surface area (Å²) in [6.45, 7) is 3.03. The Labute approximate surface area is 238 Å². The van der Waals surface area contributed by atoms with Crippen molar-refractivity contribution in [1.82, 2.24) is 10.2 Å². The fraction of sp³-hybridized carbons (Fsp3) is 0.259. The fourth-order valence-corrected chi connectivity index (χ4v) is 5.97. The van der Waals surface area contributed by atoms with E-state index in [1.54, 1.807) is 55.5 Å². The molecule has 1 N–H and O–H groups in total. The Hall–Kier alpha value is -2.78. The van der Waals surface area contributed by atoms with Gasteiger partial charge in [-0.1, -0.05) is 77.6 Å². The van der Waals surface area contributed by atoms with Gasteiger partial charge < -0.3 is 10.2 Å². The Morgan fingerprint density at radius 3 is 2.16 bits per heavy atom. The number of carbonyl (C=O) groups is 2. The van der Waals surface area contributed by atoms with Crippen LogP contribution >= 0.6 is 34.8 Å². The molecule has 0 bridgehead atoms. The molecule has 0 aliphatic heterocycles. The van der Waals surface area contributed by atoms with Gasteiger partial charge in [-0.15, -0.1) is 0 Å². The third-order valence-electron chi connectivity index (χ3n) is 5.98. The van der Waals surface area contributed by atoms with E-state index < -0.39 is 28.5 Å². The number of benzene rings is 3. The minimum absolute atomic E-state index is 0.00257. The summed E-state index contributed by atoms with van der Waals surface area (Å²) in [7, 11) is -2.73. The van der Waals surface area contributed by atoms with E-state index in [-0.39, 0.29) is 28.1 Å². The quantitative estimate of drug-likeness (QED) is 0.325. The number of para-hydroxylation sites is 1. The second kappa shape index (κ2) is 12.8. The van der Waals surface area contributed by atoms with Crippen molar-refractivity contribution in [2.24, 2.45) is 0 Å². The number of anilines is 1. The van der Waals surface area contributed by atoms with Crippen LogP contribution in [0, 0.1) is 6.92 Å². The lowest BCUT2D eigenvalue weighted by molar-refractivity contribution is -0.140. The lowest BCUT2D eigenvalue weighted by Crippen LogP contribution is -2.51. The Kier molecular flexibility index (Phi) is 10.1. The number of amides is 2. The molecule has 0 aliphatic rings. The average Bonchev–Trinajstić information content (AvgIpc) is 2.89. The van der Waals surface area contributed by atoms with E-state index in [1.807, 2.05) is 6.92 Å².